The third kappa shape index (κ3) is 3.68. The van der Waals surface area contributed by atoms with Gasteiger partial charge < -0.3 is 0 Å². The van der Waals surface area contributed by atoms with Crippen molar-refractivity contribution in [3.05, 3.63) is 99.5 Å². The van der Waals surface area contributed by atoms with Crippen molar-refractivity contribution < 1.29 is 8.78 Å². The van der Waals surface area contributed by atoms with E-state index in [2.05, 4.69) is 0 Å². The van der Waals surface area contributed by atoms with Crippen LogP contribution in [-0.4, -0.2) is 5.71 Å². The van der Waals surface area contributed by atoms with Crippen LogP contribution in [0.2, 0.25) is 10.0 Å². The van der Waals surface area contributed by atoms with Gasteiger partial charge in [-0.15, -0.1) is 0 Å². The molecule has 0 fully saturated rings. The van der Waals surface area contributed by atoms with Crippen molar-refractivity contribution in [3.63, 3.8) is 0 Å². The Balaban J connectivity index is 1.79. The van der Waals surface area contributed by atoms with Crippen molar-refractivity contribution in [1.82, 2.24) is 0 Å². The van der Waals surface area contributed by atoms with E-state index < -0.39 is 0 Å². The molecule has 0 N–H and O–H groups in total. The van der Waals surface area contributed by atoms with Crippen molar-refractivity contribution in [2.45, 2.75) is 12.5 Å². The number of hydrogen-bond acceptors (Lipinski definition) is 2. The van der Waals surface area contributed by atoms with Crippen LogP contribution >= 0.6 is 23.2 Å². The third-order valence-corrected chi connectivity index (χ3v) is 5.05. The molecule has 1 unspecified atom stereocenters. The molecule has 27 heavy (non-hydrogen) atoms. The molecule has 0 aliphatic carbocycles. The molecule has 0 bridgehead atoms. The average Bonchev–Trinajstić information content (AvgIpc) is 3.10. The Hall–Kier alpha value is -2.43. The summed E-state index contributed by atoms with van der Waals surface area (Å²) in [7, 11) is 0. The third-order valence-electron chi connectivity index (χ3n) is 4.50. The van der Waals surface area contributed by atoms with Crippen molar-refractivity contribution in [1.29, 1.82) is 0 Å². The van der Waals surface area contributed by atoms with Gasteiger partial charge in [-0.25, -0.2) is 8.78 Å². The molecule has 3 aromatic rings. The van der Waals surface area contributed by atoms with Gasteiger partial charge in [0.1, 0.15) is 11.6 Å². The average molecular weight is 403 g/mol. The van der Waals surface area contributed by atoms with Gasteiger partial charge in [0.2, 0.25) is 0 Å². The van der Waals surface area contributed by atoms with Gasteiger partial charge >= 0.3 is 0 Å². The molecule has 0 spiro atoms. The van der Waals surface area contributed by atoms with Gasteiger partial charge in [-0.2, -0.15) is 5.10 Å². The molecule has 0 saturated carbocycles. The smallest absolute Gasteiger partial charge is 0.123 e. The van der Waals surface area contributed by atoms with Crippen LogP contribution in [0.15, 0.2) is 71.8 Å². The first-order valence-corrected chi connectivity index (χ1v) is 9.10. The van der Waals surface area contributed by atoms with Crippen molar-refractivity contribution >= 4 is 34.6 Å². The molecule has 0 saturated heterocycles. The highest BCUT2D eigenvalue weighted by molar-refractivity contribution is 6.35. The van der Waals surface area contributed by atoms with Crippen molar-refractivity contribution in [2.75, 3.05) is 5.01 Å². The zero-order valence-corrected chi connectivity index (χ0v) is 15.6. The van der Waals surface area contributed by atoms with Gasteiger partial charge in [0, 0.05) is 11.4 Å². The maximum absolute atomic E-state index is 13.4. The molecule has 0 radical (unpaired) electrons. The highest BCUT2D eigenvalue weighted by Crippen LogP contribution is 2.40. The number of benzene rings is 3. The van der Waals surface area contributed by atoms with Crippen LogP contribution in [0.25, 0.3) is 0 Å². The van der Waals surface area contributed by atoms with E-state index in [-0.39, 0.29) is 17.7 Å². The molecule has 1 aliphatic heterocycles. The molecule has 1 atom stereocenters. The molecular formula is C21H14Cl2F2N2. The second kappa shape index (κ2) is 7.29. The number of halogens is 4. The minimum Gasteiger partial charge on any atom is -0.256 e. The molecule has 1 aliphatic rings. The van der Waals surface area contributed by atoms with Gasteiger partial charge in [0.15, 0.2) is 0 Å². The second-order valence-electron chi connectivity index (χ2n) is 6.27. The minimum atomic E-state index is -0.304. The fourth-order valence-corrected chi connectivity index (χ4v) is 3.53. The highest BCUT2D eigenvalue weighted by Gasteiger charge is 2.31. The molecule has 0 aromatic heterocycles. The second-order valence-corrected chi connectivity index (χ2v) is 7.11. The lowest BCUT2D eigenvalue weighted by Crippen LogP contribution is -2.19. The summed E-state index contributed by atoms with van der Waals surface area (Å²) in [5.74, 6) is -0.606. The normalized spacial score (nSPS) is 16.5. The van der Waals surface area contributed by atoms with Gasteiger partial charge in [-0.1, -0.05) is 47.5 Å². The predicted molar refractivity (Wildman–Crippen MR) is 106 cm³/mol. The fraction of sp³-hybridized carbons (Fsp3) is 0.0952. The van der Waals surface area contributed by atoms with E-state index in [1.54, 1.807) is 47.5 Å². The Morgan fingerprint density at radius 3 is 2.15 bits per heavy atom. The molecule has 4 rings (SSSR count). The van der Waals surface area contributed by atoms with Gasteiger partial charge in [-0.05, 0) is 53.6 Å². The number of hydrogen-bond donors (Lipinski definition) is 0. The van der Waals surface area contributed by atoms with Crippen molar-refractivity contribution in [2.24, 2.45) is 5.10 Å². The van der Waals surface area contributed by atoms with Crippen molar-refractivity contribution in [3.8, 4) is 0 Å². The minimum absolute atomic E-state index is 0.179. The van der Waals surface area contributed by atoms with E-state index in [1.807, 2.05) is 0 Å². The summed E-state index contributed by atoms with van der Waals surface area (Å²) < 4.78 is 26.6. The molecule has 3 aromatic carbocycles. The molecule has 136 valence electrons. The number of anilines is 1. The summed E-state index contributed by atoms with van der Waals surface area (Å²) in [6.45, 7) is 0. The van der Waals surface area contributed by atoms with Gasteiger partial charge in [0.25, 0.3) is 0 Å². The first-order chi connectivity index (χ1) is 13.0. The maximum Gasteiger partial charge on any atom is 0.123 e. The number of rotatable bonds is 3. The summed E-state index contributed by atoms with van der Waals surface area (Å²) >= 11 is 12.5. The summed E-state index contributed by atoms with van der Waals surface area (Å²) in [6.07, 6.45) is 0.570. The lowest BCUT2D eigenvalue weighted by molar-refractivity contribution is 0.624. The van der Waals surface area contributed by atoms with Crippen LogP contribution in [-0.2, 0) is 0 Å². The number of hydrazone groups is 1. The van der Waals surface area contributed by atoms with Crippen LogP contribution in [0.5, 0.6) is 0 Å². The Morgan fingerprint density at radius 1 is 0.852 bits per heavy atom. The number of nitrogens with zero attached hydrogens (tertiary/aromatic N) is 2. The first kappa shape index (κ1) is 18.0. The summed E-state index contributed by atoms with van der Waals surface area (Å²) in [5.41, 5.74) is 3.17. The zero-order valence-electron chi connectivity index (χ0n) is 14.0. The monoisotopic (exact) mass is 402 g/mol. The van der Waals surface area contributed by atoms with Gasteiger partial charge in [0.05, 0.1) is 22.5 Å². The van der Waals surface area contributed by atoms with Crippen LogP contribution in [0.3, 0.4) is 0 Å². The Labute approximate surface area is 165 Å². The van der Waals surface area contributed by atoms with Crippen LogP contribution < -0.4 is 5.01 Å². The molecule has 1 heterocycles. The van der Waals surface area contributed by atoms with E-state index in [9.17, 15) is 8.78 Å². The molecule has 2 nitrogen and oxygen atoms in total. The summed E-state index contributed by atoms with van der Waals surface area (Å²) in [5, 5.41) is 7.57. The van der Waals surface area contributed by atoms with Crippen LogP contribution in [0.4, 0.5) is 14.5 Å². The van der Waals surface area contributed by atoms with Crippen LogP contribution in [0.1, 0.15) is 23.6 Å². The largest absolute Gasteiger partial charge is 0.256 e. The lowest BCUT2D eigenvalue weighted by atomic mass is 9.98. The summed E-state index contributed by atoms with van der Waals surface area (Å²) in [6, 6.07) is 17.5. The van der Waals surface area contributed by atoms with E-state index in [1.165, 1.54) is 24.3 Å². The predicted octanol–water partition coefficient (Wildman–Crippen LogP) is 6.63. The Morgan fingerprint density at radius 2 is 1.48 bits per heavy atom. The lowest BCUT2D eigenvalue weighted by Gasteiger charge is -2.25. The van der Waals surface area contributed by atoms with Gasteiger partial charge in [-0.3, -0.25) is 5.01 Å². The van der Waals surface area contributed by atoms with E-state index >= 15 is 0 Å². The van der Waals surface area contributed by atoms with E-state index in [0.717, 1.165) is 16.8 Å². The molecule has 0 amide bonds. The molecular weight excluding hydrogens is 389 g/mol. The SMILES string of the molecule is Fc1ccc(C2=NN(c3cc(Cl)ccc3Cl)C(c3ccc(F)cc3)C2)cc1. The quantitative estimate of drug-likeness (QED) is 0.480. The summed E-state index contributed by atoms with van der Waals surface area (Å²) in [4.78, 5) is 0. The highest BCUT2D eigenvalue weighted by atomic mass is 35.5. The maximum atomic E-state index is 13.4. The van der Waals surface area contributed by atoms with E-state index in [4.69, 9.17) is 28.3 Å². The topological polar surface area (TPSA) is 15.6 Å². The fourth-order valence-electron chi connectivity index (χ4n) is 3.16. The standard InChI is InChI=1S/C21H14Cl2F2N2/c22-15-5-10-18(23)21(11-15)27-20(14-3-8-17(25)9-4-14)12-19(26-27)13-1-6-16(24)7-2-13/h1-11,20H,12H2. The Kier molecular flexibility index (Phi) is 4.85. The molecule has 6 heteroatoms. The van der Waals surface area contributed by atoms with E-state index in [0.29, 0.717) is 22.2 Å². The zero-order chi connectivity index (χ0) is 19.0. The Bertz CT molecular complexity index is 1000. The first-order valence-electron chi connectivity index (χ1n) is 8.34. The van der Waals surface area contributed by atoms with Crippen LogP contribution in [0, 0.1) is 11.6 Å².